The van der Waals surface area contributed by atoms with E-state index in [0.29, 0.717) is 24.3 Å². The van der Waals surface area contributed by atoms with Crippen molar-refractivity contribution in [3.63, 3.8) is 0 Å². The average molecular weight is 261 g/mol. The SMILES string of the molecule is Nc1cc(Cl)c(F)cc1N1CC(S)CC1=O. The fourth-order valence-corrected chi connectivity index (χ4v) is 2.20. The third-order valence-corrected chi connectivity index (χ3v) is 3.10. The monoisotopic (exact) mass is 260 g/mol. The van der Waals surface area contributed by atoms with E-state index < -0.39 is 5.82 Å². The molecule has 1 aromatic carbocycles. The number of rotatable bonds is 1. The number of amides is 1. The number of halogens is 2. The molecule has 0 aromatic heterocycles. The minimum Gasteiger partial charge on any atom is -0.397 e. The second-order valence-corrected chi connectivity index (χ2v) is 4.82. The summed E-state index contributed by atoms with van der Waals surface area (Å²) in [5.74, 6) is -0.685. The van der Waals surface area contributed by atoms with Gasteiger partial charge in [-0.25, -0.2) is 4.39 Å². The molecule has 1 aromatic rings. The third kappa shape index (κ3) is 1.97. The van der Waals surface area contributed by atoms with Crippen molar-refractivity contribution in [2.24, 2.45) is 0 Å². The number of anilines is 2. The molecule has 0 radical (unpaired) electrons. The van der Waals surface area contributed by atoms with E-state index in [1.807, 2.05) is 0 Å². The van der Waals surface area contributed by atoms with E-state index in [-0.39, 0.29) is 16.2 Å². The van der Waals surface area contributed by atoms with Crippen LogP contribution in [0.15, 0.2) is 12.1 Å². The predicted octanol–water partition coefficient (Wildman–Crippen LogP) is 2.10. The van der Waals surface area contributed by atoms with Gasteiger partial charge in [-0.05, 0) is 6.07 Å². The van der Waals surface area contributed by atoms with Gasteiger partial charge >= 0.3 is 0 Å². The molecule has 0 spiro atoms. The fraction of sp³-hybridized carbons (Fsp3) is 0.300. The highest BCUT2D eigenvalue weighted by molar-refractivity contribution is 7.81. The summed E-state index contributed by atoms with van der Waals surface area (Å²) in [5, 5.41) is -0.0824. The van der Waals surface area contributed by atoms with E-state index in [2.05, 4.69) is 12.6 Å². The lowest BCUT2D eigenvalue weighted by Crippen LogP contribution is -2.25. The van der Waals surface area contributed by atoms with Crippen LogP contribution in [0, 0.1) is 5.82 Å². The Morgan fingerprint density at radius 1 is 1.56 bits per heavy atom. The van der Waals surface area contributed by atoms with Crippen molar-refractivity contribution >= 4 is 41.5 Å². The summed E-state index contributed by atoms with van der Waals surface area (Å²) in [4.78, 5) is 13.0. The van der Waals surface area contributed by atoms with Crippen molar-refractivity contribution in [2.45, 2.75) is 11.7 Å². The highest BCUT2D eigenvalue weighted by atomic mass is 35.5. The highest BCUT2D eigenvalue weighted by Gasteiger charge is 2.29. The summed E-state index contributed by atoms with van der Waals surface area (Å²) in [7, 11) is 0. The minimum atomic E-state index is -0.582. The van der Waals surface area contributed by atoms with Crippen molar-refractivity contribution in [3.05, 3.63) is 23.0 Å². The van der Waals surface area contributed by atoms with Gasteiger partial charge in [-0.15, -0.1) is 0 Å². The normalized spacial score (nSPS) is 20.6. The summed E-state index contributed by atoms with van der Waals surface area (Å²) in [6.45, 7) is 0.438. The summed E-state index contributed by atoms with van der Waals surface area (Å²) in [6, 6.07) is 2.49. The van der Waals surface area contributed by atoms with Crippen LogP contribution in [-0.2, 0) is 4.79 Å². The lowest BCUT2D eigenvalue weighted by molar-refractivity contribution is -0.117. The molecule has 1 unspecified atom stereocenters. The van der Waals surface area contributed by atoms with Gasteiger partial charge < -0.3 is 10.6 Å². The number of carbonyl (C=O) groups is 1. The van der Waals surface area contributed by atoms with Crippen molar-refractivity contribution in [2.75, 3.05) is 17.2 Å². The topological polar surface area (TPSA) is 46.3 Å². The average Bonchev–Trinajstić information content (AvgIpc) is 2.51. The van der Waals surface area contributed by atoms with Crippen LogP contribution in [0.25, 0.3) is 0 Å². The van der Waals surface area contributed by atoms with Crippen molar-refractivity contribution in [3.8, 4) is 0 Å². The van der Waals surface area contributed by atoms with Gasteiger partial charge in [0.25, 0.3) is 0 Å². The van der Waals surface area contributed by atoms with Gasteiger partial charge in [-0.1, -0.05) is 11.6 Å². The molecule has 1 heterocycles. The van der Waals surface area contributed by atoms with Crippen LogP contribution in [0.1, 0.15) is 6.42 Å². The third-order valence-electron chi connectivity index (χ3n) is 2.47. The number of thiol groups is 1. The first-order valence-electron chi connectivity index (χ1n) is 4.72. The van der Waals surface area contributed by atoms with E-state index >= 15 is 0 Å². The Balaban J connectivity index is 2.41. The van der Waals surface area contributed by atoms with Gasteiger partial charge in [0.2, 0.25) is 5.91 Å². The smallest absolute Gasteiger partial charge is 0.228 e. The van der Waals surface area contributed by atoms with Gasteiger partial charge in [-0.2, -0.15) is 12.6 Å². The van der Waals surface area contributed by atoms with Crippen LogP contribution >= 0.6 is 24.2 Å². The maximum Gasteiger partial charge on any atom is 0.228 e. The largest absolute Gasteiger partial charge is 0.397 e. The zero-order valence-electron chi connectivity index (χ0n) is 8.28. The van der Waals surface area contributed by atoms with Crippen molar-refractivity contribution in [1.29, 1.82) is 0 Å². The van der Waals surface area contributed by atoms with Crippen LogP contribution in [0.5, 0.6) is 0 Å². The van der Waals surface area contributed by atoms with E-state index in [0.717, 1.165) is 0 Å². The number of nitrogens with zero attached hydrogens (tertiary/aromatic N) is 1. The first-order valence-corrected chi connectivity index (χ1v) is 5.61. The van der Waals surface area contributed by atoms with Crippen molar-refractivity contribution in [1.82, 2.24) is 0 Å². The Bertz CT molecular complexity index is 455. The molecule has 1 aliphatic heterocycles. The van der Waals surface area contributed by atoms with Gasteiger partial charge in [-0.3, -0.25) is 4.79 Å². The van der Waals surface area contributed by atoms with Crippen LogP contribution in [0.2, 0.25) is 5.02 Å². The maximum atomic E-state index is 13.3. The zero-order valence-corrected chi connectivity index (χ0v) is 9.93. The molecule has 0 saturated carbocycles. The van der Waals surface area contributed by atoms with E-state index in [9.17, 15) is 9.18 Å². The Hall–Kier alpha value is -0.940. The molecule has 16 heavy (non-hydrogen) atoms. The van der Waals surface area contributed by atoms with Crippen LogP contribution in [-0.4, -0.2) is 17.7 Å². The molecule has 1 amide bonds. The number of hydrogen-bond donors (Lipinski definition) is 2. The summed E-state index contributed by atoms with van der Waals surface area (Å²) in [5.41, 5.74) is 6.37. The number of nitrogens with two attached hydrogens (primary N) is 1. The standard InChI is InChI=1S/C10H10ClFN2OS/c11-6-2-8(13)9(3-7(6)12)14-4-5(16)1-10(14)15/h2-3,5,16H,1,4,13H2. The predicted molar refractivity (Wildman–Crippen MR) is 65.6 cm³/mol. The molecule has 6 heteroatoms. The molecular formula is C10H10ClFN2OS. The minimum absolute atomic E-state index is 0.0364. The van der Waals surface area contributed by atoms with Crippen LogP contribution in [0.3, 0.4) is 0 Å². The van der Waals surface area contributed by atoms with Gasteiger partial charge in [0.05, 0.1) is 16.4 Å². The van der Waals surface area contributed by atoms with Gasteiger partial charge in [0, 0.05) is 24.3 Å². The Morgan fingerprint density at radius 3 is 2.81 bits per heavy atom. The first-order chi connectivity index (χ1) is 7.49. The molecule has 1 saturated heterocycles. The zero-order chi connectivity index (χ0) is 11.9. The Morgan fingerprint density at radius 2 is 2.25 bits per heavy atom. The van der Waals surface area contributed by atoms with Crippen molar-refractivity contribution < 1.29 is 9.18 Å². The van der Waals surface area contributed by atoms with E-state index in [1.54, 1.807) is 0 Å². The number of benzene rings is 1. The van der Waals surface area contributed by atoms with Gasteiger partial charge in [0.1, 0.15) is 5.82 Å². The summed E-state index contributed by atoms with van der Waals surface area (Å²) in [6.07, 6.45) is 0.340. The Kier molecular flexibility index (Phi) is 2.99. The quantitative estimate of drug-likeness (QED) is 0.600. The van der Waals surface area contributed by atoms with E-state index in [4.69, 9.17) is 17.3 Å². The number of carbonyl (C=O) groups excluding carboxylic acids is 1. The Labute approximate surface area is 103 Å². The summed E-state index contributed by atoms with van der Waals surface area (Å²) >= 11 is 9.80. The van der Waals surface area contributed by atoms with Crippen LogP contribution in [0.4, 0.5) is 15.8 Å². The molecule has 1 fully saturated rings. The lowest BCUT2D eigenvalue weighted by Gasteiger charge is -2.18. The molecule has 0 bridgehead atoms. The molecule has 2 N–H and O–H groups in total. The molecular weight excluding hydrogens is 251 g/mol. The lowest BCUT2D eigenvalue weighted by atomic mass is 10.2. The summed E-state index contributed by atoms with van der Waals surface area (Å²) < 4.78 is 13.3. The van der Waals surface area contributed by atoms with Crippen LogP contribution < -0.4 is 10.6 Å². The molecule has 1 atom stereocenters. The van der Waals surface area contributed by atoms with E-state index in [1.165, 1.54) is 17.0 Å². The highest BCUT2D eigenvalue weighted by Crippen LogP contribution is 2.32. The first kappa shape index (κ1) is 11.5. The molecule has 3 nitrogen and oxygen atoms in total. The number of hydrogen-bond acceptors (Lipinski definition) is 3. The second-order valence-electron chi connectivity index (χ2n) is 3.69. The molecule has 1 aliphatic rings. The number of nitrogen functional groups attached to an aromatic ring is 1. The maximum absolute atomic E-state index is 13.3. The molecule has 86 valence electrons. The molecule has 0 aliphatic carbocycles. The second kappa shape index (κ2) is 4.14. The van der Waals surface area contributed by atoms with Gasteiger partial charge in [0.15, 0.2) is 0 Å². The fourth-order valence-electron chi connectivity index (χ4n) is 1.71. The molecule has 2 rings (SSSR count).